The number of rotatable bonds is 3. The minimum Gasteiger partial charge on any atom is -0.314 e. The average molecular weight is 226 g/mol. The van der Waals surface area contributed by atoms with Crippen molar-refractivity contribution in [2.45, 2.75) is 60.0 Å². The zero-order valence-electron chi connectivity index (χ0n) is 12.0. The van der Waals surface area contributed by atoms with E-state index in [2.05, 4.69) is 51.8 Å². The van der Waals surface area contributed by atoms with Gasteiger partial charge in [-0.05, 0) is 37.8 Å². The summed E-state index contributed by atoms with van der Waals surface area (Å²) < 4.78 is 0. The van der Waals surface area contributed by atoms with Crippen molar-refractivity contribution in [2.24, 2.45) is 11.3 Å². The van der Waals surface area contributed by atoms with Gasteiger partial charge in [0, 0.05) is 18.6 Å². The molecule has 1 fully saturated rings. The van der Waals surface area contributed by atoms with Gasteiger partial charge in [-0.2, -0.15) is 0 Å². The van der Waals surface area contributed by atoms with Crippen LogP contribution in [0.1, 0.15) is 48.0 Å². The molecule has 1 rings (SSSR count). The van der Waals surface area contributed by atoms with Crippen molar-refractivity contribution in [2.75, 3.05) is 19.6 Å². The van der Waals surface area contributed by atoms with E-state index < -0.39 is 0 Å². The molecular formula is C14H30N2. The normalized spacial score (nSPS) is 30.4. The summed E-state index contributed by atoms with van der Waals surface area (Å²) in [6.45, 7) is 17.6. The first-order chi connectivity index (χ1) is 7.36. The van der Waals surface area contributed by atoms with Crippen LogP contribution in [0.15, 0.2) is 0 Å². The maximum absolute atomic E-state index is 3.61. The van der Waals surface area contributed by atoms with Gasteiger partial charge in [0.25, 0.3) is 0 Å². The van der Waals surface area contributed by atoms with E-state index in [4.69, 9.17) is 0 Å². The Balaban J connectivity index is 2.51. The summed E-state index contributed by atoms with van der Waals surface area (Å²) in [6, 6.07) is 1.41. The van der Waals surface area contributed by atoms with E-state index in [1.54, 1.807) is 0 Å². The summed E-state index contributed by atoms with van der Waals surface area (Å²) in [7, 11) is 0. The van der Waals surface area contributed by atoms with Crippen LogP contribution in [0, 0.1) is 11.3 Å². The Bertz CT molecular complexity index is 207. The van der Waals surface area contributed by atoms with Gasteiger partial charge in [0.1, 0.15) is 0 Å². The van der Waals surface area contributed by atoms with Gasteiger partial charge in [0.15, 0.2) is 0 Å². The highest BCUT2D eigenvalue weighted by Crippen LogP contribution is 2.28. The maximum Gasteiger partial charge on any atom is 0.0117 e. The van der Waals surface area contributed by atoms with E-state index >= 15 is 0 Å². The molecule has 3 unspecified atom stereocenters. The van der Waals surface area contributed by atoms with Crippen molar-refractivity contribution >= 4 is 0 Å². The zero-order valence-corrected chi connectivity index (χ0v) is 12.0. The molecule has 2 nitrogen and oxygen atoms in total. The van der Waals surface area contributed by atoms with E-state index in [0.29, 0.717) is 11.5 Å². The SMILES string of the molecule is CCNC1CCN(C(C)C(C)(C)C)CC1C. The van der Waals surface area contributed by atoms with Crippen LogP contribution in [0.25, 0.3) is 0 Å². The van der Waals surface area contributed by atoms with Crippen LogP contribution in [0.5, 0.6) is 0 Å². The van der Waals surface area contributed by atoms with Gasteiger partial charge in [-0.3, -0.25) is 4.90 Å². The lowest BCUT2D eigenvalue weighted by Gasteiger charge is -2.44. The number of hydrogen-bond acceptors (Lipinski definition) is 2. The van der Waals surface area contributed by atoms with Crippen molar-refractivity contribution in [3.8, 4) is 0 Å². The standard InChI is InChI=1S/C14H30N2/c1-7-15-13-8-9-16(10-11(13)2)12(3)14(4,5)6/h11-13,15H,7-10H2,1-6H3. The van der Waals surface area contributed by atoms with Crippen LogP contribution in [-0.2, 0) is 0 Å². The second kappa shape index (κ2) is 5.50. The molecule has 96 valence electrons. The molecule has 0 aromatic carbocycles. The highest BCUT2D eigenvalue weighted by atomic mass is 15.2. The molecule has 0 spiro atoms. The molecule has 1 aliphatic rings. The summed E-state index contributed by atoms with van der Waals surface area (Å²) in [6.07, 6.45) is 1.30. The minimum atomic E-state index is 0.394. The van der Waals surface area contributed by atoms with Crippen molar-refractivity contribution in [3.05, 3.63) is 0 Å². The fourth-order valence-corrected chi connectivity index (χ4v) is 2.64. The van der Waals surface area contributed by atoms with E-state index in [9.17, 15) is 0 Å². The molecule has 16 heavy (non-hydrogen) atoms. The van der Waals surface area contributed by atoms with Crippen molar-refractivity contribution in [3.63, 3.8) is 0 Å². The Morgan fingerprint density at radius 2 is 2.00 bits per heavy atom. The van der Waals surface area contributed by atoms with Crippen LogP contribution in [0.3, 0.4) is 0 Å². The summed E-state index contributed by atoms with van der Waals surface area (Å²) in [5.74, 6) is 0.776. The molecule has 0 aliphatic carbocycles. The smallest absolute Gasteiger partial charge is 0.0117 e. The van der Waals surface area contributed by atoms with E-state index in [1.807, 2.05) is 0 Å². The summed E-state index contributed by atoms with van der Waals surface area (Å²) in [5, 5.41) is 3.61. The number of hydrogen-bond donors (Lipinski definition) is 1. The minimum absolute atomic E-state index is 0.394. The number of likely N-dealkylation sites (tertiary alicyclic amines) is 1. The molecule has 0 aromatic heterocycles. The summed E-state index contributed by atoms with van der Waals surface area (Å²) in [4.78, 5) is 2.67. The first-order valence-electron chi connectivity index (χ1n) is 6.83. The largest absolute Gasteiger partial charge is 0.314 e. The predicted octanol–water partition coefficient (Wildman–Crippen LogP) is 2.74. The molecule has 0 radical (unpaired) electrons. The molecule has 0 saturated carbocycles. The molecule has 1 saturated heterocycles. The highest BCUT2D eigenvalue weighted by Gasteiger charge is 2.32. The van der Waals surface area contributed by atoms with E-state index in [0.717, 1.165) is 18.5 Å². The monoisotopic (exact) mass is 226 g/mol. The Hall–Kier alpha value is -0.0800. The number of nitrogens with one attached hydrogen (secondary N) is 1. The lowest BCUT2D eigenvalue weighted by Crippen LogP contribution is -2.53. The molecule has 1 N–H and O–H groups in total. The Labute approximate surface area is 102 Å². The third-order valence-electron chi connectivity index (χ3n) is 4.20. The Morgan fingerprint density at radius 3 is 2.44 bits per heavy atom. The van der Waals surface area contributed by atoms with E-state index in [-0.39, 0.29) is 0 Å². The van der Waals surface area contributed by atoms with Gasteiger partial charge in [-0.25, -0.2) is 0 Å². The third kappa shape index (κ3) is 3.46. The topological polar surface area (TPSA) is 15.3 Å². The molecule has 0 bridgehead atoms. The van der Waals surface area contributed by atoms with Crippen LogP contribution >= 0.6 is 0 Å². The first-order valence-corrected chi connectivity index (χ1v) is 6.83. The number of nitrogens with zero attached hydrogens (tertiary/aromatic N) is 1. The lowest BCUT2D eigenvalue weighted by atomic mass is 9.84. The lowest BCUT2D eigenvalue weighted by molar-refractivity contribution is 0.0574. The van der Waals surface area contributed by atoms with Gasteiger partial charge in [-0.1, -0.05) is 34.6 Å². The predicted molar refractivity (Wildman–Crippen MR) is 71.7 cm³/mol. The molecule has 1 aliphatic heterocycles. The first kappa shape index (κ1) is 14.0. The quantitative estimate of drug-likeness (QED) is 0.796. The zero-order chi connectivity index (χ0) is 12.3. The van der Waals surface area contributed by atoms with Gasteiger partial charge < -0.3 is 5.32 Å². The molecule has 0 amide bonds. The summed E-state index contributed by atoms with van der Waals surface area (Å²) >= 11 is 0. The van der Waals surface area contributed by atoms with Crippen LogP contribution < -0.4 is 5.32 Å². The fourth-order valence-electron chi connectivity index (χ4n) is 2.64. The van der Waals surface area contributed by atoms with Crippen LogP contribution in [0.2, 0.25) is 0 Å². The molecule has 1 heterocycles. The van der Waals surface area contributed by atoms with Crippen molar-refractivity contribution in [1.29, 1.82) is 0 Å². The second-order valence-electron chi connectivity index (χ2n) is 6.47. The highest BCUT2D eigenvalue weighted by molar-refractivity contribution is 4.88. The van der Waals surface area contributed by atoms with Crippen LogP contribution in [-0.4, -0.2) is 36.6 Å². The van der Waals surface area contributed by atoms with Gasteiger partial charge in [0.2, 0.25) is 0 Å². The van der Waals surface area contributed by atoms with Gasteiger partial charge >= 0.3 is 0 Å². The maximum atomic E-state index is 3.61. The van der Waals surface area contributed by atoms with Crippen LogP contribution in [0.4, 0.5) is 0 Å². The van der Waals surface area contributed by atoms with Gasteiger partial charge in [-0.15, -0.1) is 0 Å². The van der Waals surface area contributed by atoms with Crippen molar-refractivity contribution in [1.82, 2.24) is 10.2 Å². The Morgan fingerprint density at radius 1 is 1.38 bits per heavy atom. The molecule has 0 aromatic rings. The second-order valence-corrected chi connectivity index (χ2v) is 6.47. The molecule has 2 heteroatoms. The summed E-state index contributed by atoms with van der Waals surface area (Å²) in [5.41, 5.74) is 0.394. The average Bonchev–Trinajstić information content (AvgIpc) is 2.19. The third-order valence-corrected chi connectivity index (χ3v) is 4.20. The fraction of sp³-hybridized carbons (Fsp3) is 1.00. The van der Waals surface area contributed by atoms with Crippen molar-refractivity contribution < 1.29 is 0 Å². The molecular weight excluding hydrogens is 196 g/mol. The molecule has 3 atom stereocenters. The van der Waals surface area contributed by atoms with Gasteiger partial charge in [0.05, 0.1) is 0 Å². The number of piperidine rings is 1. The van der Waals surface area contributed by atoms with E-state index in [1.165, 1.54) is 19.5 Å². The Kier molecular flexibility index (Phi) is 4.81.